The molecule has 1 unspecified atom stereocenters. The third-order valence-corrected chi connectivity index (χ3v) is 4.90. The van der Waals surface area contributed by atoms with Crippen LogP contribution >= 0.6 is 0 Å². The van der Waals surface area contributed by atoms with E-state index in [1.807, 2.05) is 18.2 Å². The second-order valence-corrected chi connectivity index (χ2v) is 6.76. The summed E-state index contributed by atoms with van der Waals surface area (Å²) >= 11 is 0. The molecule has 10 heteroatoms. The fourth-order valence-electron chi connectivity index (χ4n) is 3.56. The molecule has 2 aromatic rings. The minimum absolute atomic E-state index is 0.209. The van der Waals surface area contributed by atoms with Gasteiger partial charge >= 0.3 is 0 Å². The Hall–Kier alpha value is -3.27. The van der Waals surface area contributed by atoms with Gasteiger partial charge in [0, 0.05) is 38.0 Å². The highest BCUT2D eigenvalue weighted by molar-refractivity contribution is 6.06. The SMILES string of the molecule is NCCc1nc(NCc2cccc3c2C(=O)N(C2CCC(=O)NC2=O)C3)no1. The Morgan fingerprint density at radius 2 is 2.18 bits per heavy atom. The summed E-state index contributed by atoms with van der Waals surface area (Å²) in [7, 11) is 0. The molecule has 28 heavy (non-hydrogen) atoms. The summed E-state index contributed by atoms with van der Waals surface area (Å²) in [5.41, 5.74) is 7.67. The van der Waals surface area contributed by atoms with Gasteiger partial charge in [-0.15, -0.1) is 0 Å². The van der Waals surface area contributed by atoms with Crippen LogP contribution in [0.25, 0.3) is 0 Å². The van der Waals surface area contributed by atoms with Crippen LogP contribution in [0.3, 0.4) is 0 Å². The molecule has 1 saturated heterocycles. The lowest BCUT2D eigenvalue weighted by Crippen LogP contribution is -2.52. The summed E-state index contributed by atoms with van der Waals surface area (Å²) in [5.74, 6) is -0.156. The highest BCUT2D eigenvalue weighted by atomic mass is 16.5. The van der Waals surface area contributed by atoms with Gasteiger partial charge in [0.15, 0.2) is 0 Å². The number of hydrogen-bond donors (Lipinski definition) is 3. The van der Waals surface area contributed by atoms with Crippen molar-refractivity contribution in [1.29, 1.82) is 0 Å². The third kappa shape index (κ3) is 3.33. The number of piperidine rings is 1. The van der Waals surface area contributed by atoms with Crippen LogP contribution in [0.4, 0.5) is 5.95 Å². The van der Waals surface area contributed by atoms with Crippen LogP contribution in [-0.4, -0.2) is 45.3 Å². The summed E-state index contributed by atoms with van der Waals surface area (Å²) in [6, 6.07) is 4.96. The maximum atomic E-state index is 13.0. The number of benzene rings is 1. The number of aromatic nitrogens is 2. The number of nitrogens with one attached hydrogen (secondary N) is 2. The molecule has 1 atom stereocenters. The number of nitrogens with zero attached hydrogens (tertiary/aromatic N) is 3. The van der Waals surface area contributed by atoms with E-state index in [0.717, 1.165) is 11.1 Å². The van der Waals surface area contributed by atoms with Gasteiger partial charge in [-0.05, 0) is 22.7 Å². The number of fused-ring (bicyclic) bond motifs is 1. The molecule has 0 saturated carbocycles. The topological polar surface area (TPSA) is 143 Å². The van der Waals surface area contributed by atoms with Crippen LogP contribution in [0.5, 0.6) is 0 Å². The second-order valence-electron chi connectivity index (χ2n) is 6.76. The molecule has 0 aliphatic carbocycles. The normalized spacial score (nSPS) is 19.0. The first-order valence-corrected chi connectivity index (χ1v) is 9.08. The molecule has 4 N–H and O–H groups in total. The smallest absolute Gasteiger partial charge is 0.263 e. The first-order valence-electron chi connectivity index (χ1n) is 9.08. The van der Waals surface area contributed by atoms with E-state index in [-0.39, 0.29) is 18.2 Å². The number of carbonyl (C=O) groups excluding carboxylic acids is 3. The first kappa shape index (κ1) is 18.1. The molecule has 2 aliphatic heterocycles. The van der Waals surface area contributed by atoms with E-state index in [4.69, 9.17) is 10.3 Å². The zero-order chi connectivity index (χ0) is 19.7. The molecule has 0 spiro atoms. The van der Waals surface area contributed by atoms with Crippen molar-refractivity contribution in [2.75, 3.05) is 11.9 Å². The molecule has 10 nitrogen and oxygen atoms in total. The predicted molar refractivity (Wildman–Crippen MR) is 96.9 cm³/mol. The second kappa shape index (κ2) is 7.39. The molecule has 4 rings (SSSR count). The fraction of sp³-hybridized carbons (Fsp3) is 0.389. The summed E-state index contributed by atoms with van der Waals surface area (Å²) in [4.78, 5) is 42.3. The highest BCUT2D eigenvalue weighted by Crippen LogP contribution is 2.30. The quantitative estimate of drug-likeness (QED) is 0.588. The molecule has 0 bridgehead atoms. The molecule has 1 aromatic heterocycles. The third-order valence-electron chi connectivity index (χ3n) is 4.90. The van der Waals surface area contributed by atoms with Gasteiger partial charge in [0.05, 0.1) is 0 Å². The molecule has 3 heterocycles. The fourth-order valence-corrected chi connectivity index (χ4v) is 3.56. The number of nitrogens with two attached hydrogens (primary N) is 1. The van der Waals surface area contributed by atoms with Crippen molar-refractivity contribution in [2.45, 2.75) is 38.4 Å². The predicted octanol–water partition coefficient (Wildman–Crippen LogP) is -0.0561. The van der Waals surface area contributed by atoms with Crippen molar-refractivity contribution in [3.8, 4) is 0 Å². The Bertz CT molecular complexity index is 940. The van der Waals surface area contributed by atoms with Crippen molar-refractivity contribution in [2.24, 2.45) is 5.73 Å². The molecule has 3 amide bonds. The van der Waals surface area contributed by atoms with Gasteiger partial charge in [-0.3, -0.25) is 19.7 Å². The van der Waals surface area contributed by atoms with Crippen LogP contribution in [0.2, 0.25) is 0 Å². The number of carbonyl (C=O) groups is 3. The van der Waals surface area contributed by atoms with E-state index in [0.29, 0.717) is 49.9 Å². The minimum atomic E-state index is -0.630. The average molecular weight is 384 g/mol. The maximum absolute atomic E-state index is 13.0. The minimum Gasteiger partial charge on any atom is -0.347 e. The van der Waals surface area contributed by atoms with Crippen LogP contribution in [-0.2, 0) is 29.1 Å². The standard InChI is InChI=1S/C18H20N6O4/c19-7-6-14-22-18(23-28-14)20-8-10-2-1-3-11-9-24(17(27)15(10)11)12-4-5-13(25)21-16(12)26/h1-3,12H,4-9,19H2,(H,20,23)(H,21,25,26). The molecule has 2 aliphatic rings. The lowest BCUT2D eigenvalue weighted by Gasteiger charge is -2.29. The van der Waals surface area contributed by atoms with Crippen molar-refractivity contribution in [1.82, 2.24) is 20.4 Å². The molecule has 1 aromatic carbocycles. The maximum Gasteiger partial charge on any atom is 0.263 e. The van der Waals surface area contributed by atoms with Gasteiger partial charge in [0.1, 0.15) is 6.04 Å². The average Bonchev–Trinajstić information content (AvgIpc) is 3.25. The van der Waals surface area contributed by atoms with Gasteiger partial charge in [-0.1, -0.05) is 18.2 Å². The van der Waals surface area contributed by atoms with Crippen molar-refractivity contribution < 1.29 is 18.9 Å². The van der Waals surface area contributed by atoms with E-state index < -0.39 is 11.9 Å². The Labute approximate surface area is 160 Å². The van der Waals surface area contributed by atoms with Crippen LogP contribution in [0.1, 0.15) is 40.2 Å². The molecular formula is C18H20N6O4. The first-order chi connectivity index (χ1) is 13.6. The monoisotopic (exact) mass is 384 g/mol. The zero-order valence-corrected chi connectivity index (χ0v) is 15.1. The Morgan fingerprint density at radius 3 is 2.96 bits per heavy atom. The van der Waals surface area contributed by atoms with E-state index in [2.05, 4.69) is 20.8 Å². The Balaban J connectivity index is 1.50. The van der Waals surface area contributed by atoms with E-state index in [1.165, 1.54) is 4.90 Å². The molecule has 1 fully saturated rings. The van der Waals surface area contributed by atoms with Gasteiger partial charge < -0.3 is 20.5 Å². The summed E-state index contributed by atoms with van der Waals surface area (Å²) in [6.07, 6.45) is 1.06. The number of hydrogen-bond acceptors (Lipinski definition) is 8. The Kier molecular flexibility index (Phi) is 4.78. The van der Waals surface area contributed by atoms with E-state index in [9.17, 15) is 14.4 Å². The summed E-state index contributed by atoms with van der Waals surface area (Å²) < 4.78 is 5.07. The van der Waals surface area contributed by atoms with Crippen molar-refractivity contribution >= 4 is 23.7 Å². The molecular weight excluding hydrogens is 364 g/mol. The van der Waals surface area contributed by atoms with Crippen LogP contribution in [0.15, 0.2) is 22.7 Å². The number of rotatable bonds is 6. The Morgan fingerprint density at radius 1 is 1.32 bits per heavy atom. The van der Waals surface area contributed by atoms with E-state index in [1.54, 1.807) is 0 Å². The highest BCUT2D eigenvalue weighted by Gasteiger charge is 2.39. The molecule has 0 radical (unpaired) electrons. The largest absolute Gasteiger partial charge is 0.347 e. The lowest BCUT2D eigenvalue weighted by atomic mass is 10.0. The van der Waals surface area contributed by atoms with Crippen molar-refractivity contribution in [3.05, 3.63) is 40.8 Å². The number of anilines is 1. The zero-order valence-electron chi connectivity index (χ0n) is 15.1. The number of imide groups is 1. The lowest BCUT2D eigenvalue weighted by molar-refractivity contribution is -0.136. The van der Waals surface area contributed by atoms with Gasteiger partial charge in [0.2, 0.25) is 17.7 Å². The summed E-state index contributed by atoms with van der Waals surface area (Å²) in [5, 5.41) is 9.19. The van der Waals surface area contributed by atoms with Gasteiger partial charge in [-0.25, -0.2) is 0 Å². The van der Waals surface area contributed by atoms with Crippen LogP contribution < -0.4 is 16.4 Å². The summed E-state index contributed by atoms with van der Waals surface area (Å²) in [6.45, 7) is 1.09. The van der Waals surface area contributed by atoms with Crippen LogP contribution in [0, 0.1) is 0 Å². The van der Waals surface area contributed by atoms with Gasteiger partial charge in [-0.2, -0.15) is 4.98 Å². The molecule has 146 valence electrons. The van der Waals surface area contributed by atoms with E-state index >= 15 is 0 Å². The van der Waals surface area contributed by atoms with Crippen molar-refractivity contribution in [3.63, 3.8) is 0 Å². The van der Waals surface area contributed by atoms with Gasteiger partial charge in [0.25, 0.3) is 11.9 Å². The number of amides is 3.